The van der Waals surface area contributed by atoms with Crippen LogP contribution < -0.4 is 0 Å². The van der Waals surface area contributed by atoms with Crippen LogP contribution in [0.25, 0.3) is 0 Å². The molecule has 31 heavy (non-hydrogen) atoms. The van der Waals surface area contributed by atoms with Gasteiger partial charge in [-0.05, 0) is 70.4 Å². The molecule has 0 amide bonds. The molecule has 1 aliphatic heterocycles. The summed E-state index contributed by atoms with van der Waals surface area (Å²) >= 11 is 0. The van der Waals surface area contributed by atoms with Crippen LogP contribution in [0.4, 0.5) is 0 Å². The van der Waals surface area contributed by atoms with Crippen LogP contribution in [0.5, 0.6) is 0 Å². The van der Waals surface area contributed by atoms with E-state index in [2.05, 4.69) is 0 Å². The van der Waals surface area contributed by atoms with E-state index in [0.29, 0.717) is 12.0 Å². The van der Waals surface area contributed by atoms with Crippen molar-refractivity contribution in [1.82, 2.24) is 0 Å². The maximum atomic E-state index is 13.9. The Balaban J connectivity index is 1.82. The predicted octanol–water partition coefficient (Wildman–Crippen LogP) is 2.35. The lowest BCUT2D eigenvalue weighted by Gasteiger charge is -2.53. The molecule has 0 aromatic rings. The van der Waals surface area contributed by atoms with Crippen LogP contribution in [0, 0.1) is 29.6 Å². The van der Waals surface area contributed by atoms with Gasteiger partial charge >= 0.3 is 0 Å². The van der Waals surface area contributed by atoms with Gasteiger partial charge in [-0.15, -0.1) is 0 Å². The molecule has 1 saturated heterocycles. The average Bonchev–Trinajstić information content (AvgIpc) is 3.19. The van der Waals surface area contributed by atoms with Gasteiger partial charge in [-0.1, -0.05) is 25.5 Å². The summed E-state index contributed by atoms with van der Waals surface area (Å²) in [6, 6.07) is 0. The zero-order chi connectivity index (χ0) is 23.1. The fraction of sp³-hybridized carbons (Fsp3) is 0.760. The average molecular weight is 433 g/mol. The quantitative estimate of drug-likeness (QED) is 0.592. The van der Waals surface area contributed by atoms with Crippen LogP contribution in [-0.4, -0.2) is 55.9 Å². The van der Waals surface area contributed by atoms with E-state index in [9.17, 15) is 24.9 Å². The van der Waals surface area contributed by atoms with Gasteiger partial charge in [0.05, 0.1) is 23.5 Å². The van der Waals surface area contributed by atoms with Crippen LogP contribution in [-0.2, 0) is 14.3 Å². The fourth-order valence-corrected chi connectivity index (χ4v) is 7.15. The van der Waals surface area contributed by atoms with Gasteiger partial charge in [-0.2, -0.15) is 0 Å². The monoisotopic (exact) mass is 432 g/mol. The topological polar surface area (TPSA) is 104 Å². The Morgan fingerprint density at radius 3 is 2.42 bits per heavy atom. The summed E-state index contributed by atoms with van der Waals surface area (Å²) in [5.41, 5.74) is -2.73. The molecular formula is C25H36O6. The molecule has 0 aromatic heterocycles. The van der Waals surface area contributed by atoms with Crippen LogP contribution in [0.2, 0.25) is 0 Å². The number of allylic oxidation sites excluding steroid dienone is 2. The van der Waals surface area contributed by atoms with Crippen LogP contribution in [0.1, 0.15) is 60.8 Å². The Labute approximate surface area is 184 Å². The van der Waals surface area contributed by atoms with Crippen molar-refractivity contribution in [3.63, 3.8) is 0 Å². The Morgan fingerprint density at radius 1 is 1.23 bits per heavy atom. The van der Waals surface area contributed by atoms with Crippen molar-refractivity contribution in [2.75, 3.05) is 0 Å². The Kier molecular flexibility index (Phi) is 5.21. The number of Topliss-reactive ketones (excluding diaryl/α,β-unsaturated/α-hetero) is 2. The molecule has 0 spiro atoms. The van der Waals surface area contributed by atoms with E-state index >= 15 is 0 Å². The van der Waals surface area contributed by atoms with Crippen molar-refractivity contribution in [1.29, 1.82) is 0 Å². The van der Waals surface area contributed by atoms with E-state index in [0.717, 1.165) is 12.0 Å². The molecule has 6 heteroatoms. The minimum atomic E-state index is -1.51. The molecule has 10 atom stereocenters. The van der Waals surface area contributed by atoms with E-state index in [4.69, 9.17) is 4.74 Å². The Morgan fingerprint density at radius 2 is 1.87 bits per heavy atom. The van der Waals surface area contributed by atoms with E-state index in [1.165, 1.54) is 0 Å². The number of ketones is 2. The van der Waals surface area contributed by atoms with Gasteiger partial charge in [0.2, 0.25) is 0 Å². The van der Waals surface area contributed by atoms with Crippen molar-refractivity contribution in [3.8, 4) is 0 Å². The highest BCUT2D eigenvalue weighted by Gasteiger charge is 2.75. The third-order valence-corrected chi connectivity index (χ3v) is 8.81. The summed E-state index contributed by atoms with van der Waals surface area (Å²) in [6.07, 6.45) is 3.24. The van der Waals surface area contributed by atoms with Crippen molar-refractivity contribution in [2.45, 2.75) is 89.8 Å². The molecular weight excluding hydrogens is 396 g/mol. The molecule has 2 saturated carbocycles. The van der Waals surface area contributed by atoms with Crippen molar-refractivity contribution < 1.29 is 29.6 Å². The molecule has 4 rings (SSSR count). The second-order valence-electron chi connectivity index (χ2n) is 11.0. The number of ether oxygens (including phenoxy) is 1. The zero-order valence-electron chi connectivity index (χ0n) is 19.4. The smallest absolute Gasteiger partial charge is 0.173 e. The molecule has 0 unspecified atom stereocenters. The number of carbonyl (C=O) groups excluding carboxylic acids is 2. The third-order valence-electron chi connectivity index (χ3n) is 8.81. The summed E-state index contributed by atoms with van der Waals surface area (Å²) < 4.78 is 6.45. The molecule has 3 fully saturated rings. The first-order valence-corrected chi connectivity index (χ1v) is 11.5. The van der Waals surface area contributed by atoms with Crippen molar-refractivity contribution >= 4 is 11.6 Å². The molecule has 0 radical (unpaired) electrons. The van der Waals surface area contributed by atoms with E-state index in [1.54, 1.807) is 19.9 Å². The predicted molar refractivity (Wildman–Crippen MR) is 115 cm³/mol. The SMILES string of the molecule is CC(C)=C[C@H]1O[C@@](C)(C[C@H]2C(=O)C(C)=C[C@@H]2O)[C@@H]2C(=O)[C@@]3(O)[C@@H](C)CC[C@H]3[C@H](C)[C@@]21O. The number of aliphatic hydroxyl groups is 3. The Bertz CT molecular complexity index is 871. The van der Waals surface area contributed by atoms with Gasteiger partial charge < -0.3 is 20.1 Å². The molecule has 0 aromatic carbocycles. The number of carbonyl (C=O) groups is 2. The van der Waals surface area contributed by atoms with Crippen LogP contribution >= 0.6 is 0 Å². The van der Waals surface area contributed by atoms with Gasteiger partial charge in [0.1, 0.15) is 17.3 Å². The van der Waals surface area contributed by atoms with E-state index in [1.807, 2.05) is 33.8 Å². The standard InChI is InChI=1S/C25H36O6/c1-12(2)9-19-25(30)15(5)17-8-7-14(4)24(17,29)22(28)21(25)23(6,31-19)11-16-18(26)10-13(3)20(16)27/h9-10,14-19,21,26,29-30H,7-8,11H2,1-6H3/t14-,15-,16+,17-,18-,19+,21-,23-,24+,25-/m0/s1. The first kappa shape index (κ1) is 22.8. The summed E-state index contributed by atoms with van der Waals surface area (Å²) in [7, 11) is 0. The minimum absolute atomic E-state index is 0.106. The second kappa shape index (κ2) is 7.08. The third kappa shape index (κ3) is 2.91. The summed E-state index contributed by atoms with van der Waals surface area (Å²) in [5, 5.41) is 34.2. The normalized spacial score (nSPS) is 51.5. The summed E-state index contributed by atoms with van der Waals surface area (Å²) in [6.45, 7) is 11.1. The number of rotatable bonds is 3. The number of hydrogen-bond donors (Lipinski definition) is 3. The first-order valence-electron chi connectivity index (χ1n) is 11.5. The van der Waals surface area contributed by atoms with Crippen molar-refractivity contribution in [3.05, 3.63) is 23.3 Å². The second-order valence-corrected chi connectivity index (χ2v) is 11.0. The van der Waals surface area contributed by atoms with Gasteiger partial charge in [-0.25, -0.2) is 0 Å². The molecule has 4 aliphatic rings. The van der Waals surface area contributed by atoms with Gasteiger partial charge in [0.25, 0.3) is 0 Å². The highest BCUT2D eigenvalue weighted by Crippen LogP contribution is 2.62. The van der Waals surface area contributed by atoms with E-state index in [-0.39, 0.29) is 35.7 Å². The highest BCUT2D eigenvalue weighted by atomic mass is 16.5. The highest BCUT2D eigenvalue weighted by molar-refractivity contribution is 6.00. The van der Waals surface area contributed by atoms with Gasteiger partial charge in [0, 0.05) is 5.92 Å². The molecule has 0 bridgehead atoms. The fourth-order valence-electron chi connectivity index (χ4n) is 7.15. The maximum Gasteiger partial charge on any atom is 0.173 e. The van der Waals surface area contributed by atoms with Crippen LogP contribution in [0.3, 0.4) is 0 Å². The van der Waals surface area contributed by atoms with Crippen molar-refractivity contribution in [2.24, 2.45) is 29.6 Å². The zero-order valence-corrected chi connectivity index (χ0v) is 19.4. The minimum Gasteiger partial charge on any atom is -0.388 e. The lowest BCUT2D eigenvalue weighted by atomic mass is 9.53. The molecule has 3 N–H and O–H groups in total. The van der Waals surface area contributed by atoms with Gasteiger partial charge in [-0.3, -0.25) is 9.59 Å². The maximum absolute atomic E-state index is 13.9. The lowest BCUT2D eigenvalue weighted by molar-refractivity contribution is -0.193. The molecule has 172 valence electrons. The summed E-state index contributed by atoms with van der Waals surface area (Å²) in [4.78, 5) is 26.6. The number of hydrogen-bond acceptors (Lipinski definition) is 6. The first-order chi connectivity index (χ1) is 14.3. The summed E-state index contributed by atoms with van der Waals surface area (Å²) in [5.74, 6) is -3.15. The largest absolute Gasteiger partial charge is 0.388 e. The number of fused-ring (bicyclic) bond motifs is 2. The van der Waals surface area contributed by atoms with E-state index < -0.39 is 40.8 Å². The molecule has 1 heterocycles. The van der Waals surface area contributed by atoms with Gasteiger partial charge in [0.15, 0.2) is 11.6 Å². The molecule has 6 nitrogen and oxygen atoms in total. The number of aliphatic hydroxyl groups excluding tert-OH is 1. The van der Waals surface area contributed by atoms with Crippen LogP contribution in [0.15, 0.2) is 23.3 Å². The lowest BCUT2D eigenvalue weighted by Crippen LogP contribution is -2.69. The Hall–Kier alpha value is -1.34. The molecule has 3 aliphatic carbocycles.